The van der Waals surface area contributed by atoms with E-state index in [1.54, 1.807) is 18.2 Å². The van der Waals surface area contributed by atoms with Crippen LogP contribution in [0.25, 0.3) is 6.08 Å². The normalized spacial score (nSPS) is 16.0. The Labute approximate surface area is 171 Å². The second kappa shape index (κ2) is 7.49. The Morgan fingerprint density at radius 3 is 2.72 bits per heavy atom. The Morgan fingerprint density at radius 2 is 2.04 bits per heavy atom. The molecule has 1 N–H and O–H groups in total. The molecule has 0 radical (unpaired) electrons. The van der Waals surface area contributed by atoms with Crippen molar-refractivity contribution in [2.75, 3.05) is 12.0 Å². The summed E-state index contributed by atoms with van der Waals surface area (Å²) < 4.78 is 6.97. The number of thioether (sulfide) groups is 1. The number of ether oxygens (including phenoxy) is 1. The van der Waals surface area contributed by atoms with Gasteiger partial charge in [-0.1, -0.05) is 46.0 Å². The summed E-state index contributed by atoms with van der Waals surface area (Å²) in [6, 6.07) is 10.8. The van der Waals surface area contributed by atoms with E-state index in [1.807, 2.05) is 24.3 Å². The van der Waals surface area contributed by atoms with E-state index >= 15 is 0 Å². The molecular formula is C17H11Br2NO3S2. The Bertz CT molecular complexity index is 915. The van der Waals surface area contributed by atoms with Gasteiger partial charge in [0.25, 0.3) is 5.91 Å². The first-order valence-electron chi connectivity index (χ1n) is 7.00. The second-order valence-electron chi connectivity index (χ2n) is 5.05. The summed E-state index contributed by atoms with van der Waals surface area (Å²) in [6.45, 7) is 0. The maximum absolute atomic E-state index is 12.8. The van der Waals surface area contributed by atoms with E-state index in [1.165, 1.54) is 23.8 Å². The Kier molecular flexibility index (Phi) is 5.52. The van der Waals surface area contributed by atoms with Crippen molar-refractivity contribution in [1.29, 1.82) is 0 Å². The lowest BCUT2D eigenvalue weighted by Crippen LogP contribution is -2.27. The quantitative estimate of drug-likeness (QED) is 0.455. The zero-order chi connectivity index (χ0) is 18.1. The van der Waals surface area contributed by atoms with E-state index < -0.39 is 0 Å². The van der Waals surface area contributed by atoms with Crippen LogP contribution in [0.3, 0.4) is 0 Å². The summed E-state index contributed by atoms with van der Waals surface area (Å²) in [5, 5.41) is 9.90. The molecule has 128 valence electrons. The maximum atomic E-state index is 12.8. The molecular weight excluding hydrogens is 490 g/mol. The Morgan fingerprint density at radius 1 is 1.28 bits per heavy atom. The van der Waals surface area contributed by atoms with Gasteiger partial charge in [-0.2, -0.15) is 0 Å². The molecule has 3 rings (SSSR count). The maximum Gasteiger partial charge on any atom is 0.270 e. The SMILES string of the molecule is COc1cc(C=C2SC(=S)N(c3cccc(Br)c3)C2=O)cc(Br)c1O. The van der Waals surface area contributed by atoms with E-state index in [0.29, 0.717) is 25.1 Å². The number of anilines is 1. The number of methoxy groups -OCH3 is 1. The fourth-order valence-electron chi connectivity index (χ4n) is 2.29. The molecule has 0 atom stereocenters. The molecule has 1 aliphatic heterocycles. The van der Waals surface area contributed by atoms with E-state index in [0.717, 1.165) is 10.0 Å². The smallest absolute Gasteiger partial charge is 0.270 e. The molecule has 0 aromatic heterocycles. The van der Waals surface area contributed by atoms with Gasteiger partial charge in [0, 0.05) is 4.47 Å². The third-order valence-electron chi connectivity index (χ3n) is 3.43. The average Bonchev–Trinajstić information content (AvgIpc) is 2.84. The number of phenolic OH excluding ortho intramolecular Hbond substituents is 1. The molecule has 25 heavy (non-hydrogen) atoms. The lowest BCUT2D eigenvalue weighted by Gasteiger charge is -2.14. The summed E-state index contributed by atoms with van der Waals surface area (Å²) in [7, 11) is 1.47. The van der Waals surface area contributed by atoms with Crippen molar-refractivity contribution in [3.05, 3.63) is 55.8 Å². The highest BCUT2D eigenvalue weighted by molar-refractivity contribution is 9.10. The predicted octanol–water partition coefficient (Wildman–Crippen LogP) is 5.33. The summed E-state index contributed by atoms with van der Waals surface area (Å²) in [6.07, 6.45) is 1.73. The first kappa shape index (κ1) is 18.4. The fourth-order valence-corrected chi connectivity index (χ4v) is 4.44. The zero-order valence-electron chi connectivity index (χ0n) is 12.8. The molecule has 1 amide bonds. The largest absolute Gasteiger partial charge is 0.503 e. The first-order chi connectivity index (χ1) is 11.9. The molecule has 1 fully saturated rings. The van der Waals surface area contributed by atoms with Gasteiger partial charge < -0.3 is 9.84 Å². The molecule has 0 aliphatic carbocycles. The number of rotatable bonds is 3. The van der Waals surface area contributed by atoms with Crippen molar-refractivity contribution < 1.29 is 14.6 Å². The second-order valence-corrected chi connectivity index (χ2v) is 8.50. The summed E-state index contributed by atoms with van der Waals surface area (Å²) in [5.74, 6) is 0.153. The topological polar surface area (TPSA) is 49.8 Å². The number of halogens is 2. The molecule has 8 heteroatoms. The average molecular weight is 501 g/mol. The van der Waals surface area contributed by atoms with Crippen LogP contribution in [-0.4, -0.2) is 22.4 Å². The molecule has 0 unspecified atom stereocenters. The number of phenols is 1. The number of amides is 1. The third-order valence-corrected chi connectivity index (χ3v) is 5.83. The van der Waals surface area contributed by atoms with E-state index in [4.69, 9.17) is 17.0 Å². The fraction of sp³-hybridized carbons (Fsp3) is 0.0588. The lowest BCUT2D eigenvalue weighted by atomic mass is 10.2. The monoisotopic (exact) mass is 499 g/mol. The van der Waals surface area contributed by atoms with Crippen molar-refractivity contribution >= 4 is 77.8 Å². The number of carbonyl (C=O) groups is 1. The van der Waals surface area contributed by atoms with Crippen LogP contribution in [0.5, 0.6) is 11.5 Å². The third kappa shape index (κ3) is 3.76. The van der Waals surface area contributed by atoms with Crippen molar-refractivity contribution in [2.24, 2.45) is 0 Å². The highest BCUT2D eigenvalue weighted by Gasteiger charge is 2.33. The molecule has 4 nitrogen and oxygen atoms in total. The number of thiocarbonyl (C=S) groups is 1. The number of hydrogen-bond acceptors (Lipinski definition) is 5. The van der Waals surface area contributed by atoms with Gasteiger partial charge in [-0.05, 0) is 57.9 Å². The number of nitrogens with zero attached hydrogens (tertiary/aromatic N) is 1. The van der Waals surface area contributed by atoms with Gasteiger partial charge in [0.1, 0.15) is 0 Å². The minimum atomic E-state index is -0.184. The number of hydrogen-bond donors (Lipinski definition) is 1. The predicted molar refractivity (Wildman–Crippen MR) is 112 cm³/mol. The van der Waals surface area contributed by atoms with Crippen LogP contribution in [0.15, 0.2) is 50.2 Å². The van der Waals surface area contributed by atoms with Crippen LogP contribution >= 0.6 is 55.8 Å². The highest BCUT2D eigenvalue weighted by atomic mass is 79.9. The van der Waals surface area contributed by atoms with Gasteiger partial charge in [0.2, 0.25) is 0 Å². The van der Waals surface area contributed by atoms with Crippen molar-refractivity contribution in [3.63, 3.8) is 0 Å². The highest BCUT2D eigenvalue weighted by Crippen LogP contribution is 2.39. The van der Waals surface area contributed by atoms with Gasteiger partial charge in [-0.15, -0.1) is 0 Å². The number of benzene rings is 2. The van der Waals surface area contributed by atoms with Crippen molar-refractivity contribution in [1.82, 2.24) is 0 Å². The van der Waals surface area contributed by atoms with Crippen LogP contribution in [0.4, 0.5) is 5.69 Å². The minimum absolute atomic E-state index is 0.0151. The Hall–Kier alpha value is -1.35. The van der Waals surface area contributed by atoms with Crippen LogP contribution in [0, 0.1) is 0 Å². The summed E-state index contributed by atoms with van der Waals surface area (Å²) in [5.41, 5.74) is 1.43. The molecule has 1 saturated heterocycles. The molecule has 0 spiro atoms. The van der Waals surface area contributed by atoms with E-state index in [9.17, 15) is 9.90 Å². The van der Waals surface area contributed by atoms with Gasteiger partial charge in [-0.3, -0.25) is 9.69 Å². The molecule has 1 heterocycles. The molecule has 0 saturated carbocycles. The standard InChI is InChI=1S/C17H11Br2NO3S2/c1-23-13-6-9(5-12(19)15(13)21)7-14-16(22)20(17(24)25-14)11-4-2-3-10(18)8-11/h2-8,21H,1H3. The van der Waals surface area contributed by atoms with Crippen LogP contribution < -0.4 is 9.64 Å². The van der Waals surface area contributed by atoms with Gasteiger partial charge in [0.05, 0.1) is 22.2 Å². The molecule has 2 aromatic rings. The molecule has 0 bridgehead atoms. The first-order valence-corrected chi connectivity index (χ1v) is 9.82. The number of carbonyl (C=O) groups excluding carboxylic acids is 1. The van der Waals surface area contributed by atoms with Crippen molar-refractivity contribution in [3.8, 4) is 11.5 Å². The Balaban J connectivity index is 1.97. The van der Waals surface area contributed by atoms with Crippen molar-refractivity contribution in [2.45, 2.75) is 0 Å². The van der Waals surface area contributed by atoms with Gasteiger partial charge in [-0.25, -0.2) is 0 Å². The summed E-state index contributed by atoms with van der Waals surface area (Å²) in [4.78, 5) is 14.8. The summed E-state index contributed by atoms with van der Waals surface area (Å²) >= 11 is 13.3. The van der Waals surface area contributed by atoms with E-state index in [-0.39, 0.29) is 11.7 Å². The van der Waals surface area contributed by atoms with E-state index in [2.05, 4.69) is 31.9 Å². The zero-order valence-corrected chi connectivity index (χ0v) is 17.6. The van der Waals surface area contributed by atoms with Gasteiger partial charge >= 0.3 is 0 Å². The molecule has 2 aromatic carbocycles. The number of aromatic hydroxyl groups is 1. The van der Waals surface area contributed by atoms with Crippen LogP contribution in [-0.2, 0) is 4.79 Å². The van der Waals surface area contributed by atoms with Crippen LogP contribution in [0.1, 0.15) is 5.56 Å². The van der Waals surface area contributed by atoms with Gasteiger partial charge in [0.15, 0.2) is 15.8 Å². The molecule has 1 aliphatic rings. The lowest BCUT2D eigenvalue weighted by molar-refractivity contribution is -0.113. The minimum Gasteiger partial charge on any atom is -0.503 e. The van der Waals surface area contributed by atoms with Crippen LogP contribution in [0.2, 0.25) is 0 Å².